The molecule has 1 saturated heterocycles. The van der Waals surface area contributed by atoms with E-state index in [0.29, 0.717) is 6.42 Å². The van der Waals surface area contributed by atoms with E-state index in [9.17, 15) is 4.79 Å². The van der Waals surface area contributed by atoms with E-state index in [2.05, 4.69) is 32.8 Å². The van der Waals surface area contributed by atoms with Gasteiger partial charge in [0.05, 0.1) is 0 Å². The lowest BCUT2D eigenvalue weighted by molar-refractivity contribution is -0.294. The summed E-state index contributed by atoms with van der Waals surface area (Å²) in [5, 5.41) is 2.08. The van der Waals surface area contributed by atoms with Crippen LogP contribution in [0.15, 0.2) is 30.3 Å². The molecule has 1 heterocycles. The van der Waals surface area contributed by atoms with E-state index in [1.54, 1.807) is 0 Å². The Morgan fingerprint density at radius 1 is 1.14 bits per heavy atom. The van der Waals surface area contributed by atoms with E-state index in [4.69, 9.17) is 4.84 Å². The quantitative estimate of drug-likeness (QED) is 0.743. The number of hydrogen-bond donors (Lipinski definition) is 0. The van der Waals surface area contributed by atoms with Gasteiger partial charge in [-0.2, -0.15) is 5.06 Å². The molecule has 1 atom stereocenters. The summed E-state index contributed by atoms with van der Waals surface area (Å²) in [5.74, 6) is 0.0697. The van der Waals surface area contributed by atoms with Crippen LogP contribution in [-0.4, -0.2) is 28.0 Å². The molecular weight excluding hydrogens is 274 g/mol. The fourth-order valence-corrected chi connectivity index (χ4v) is 3.48. The molecule has 3 nitrogen and oxygen atoms in total. The van der Waals surface area contributed by atoms with Gasteiger partial charge in [0.15, 0.2) is 5.78 Å². The minimum Gasteiger partial charge on any atom is -0.291 e. The Hall–Kier alpha value is -1.19. The number of piperidine rings is 1. The molecule has 0 saturated carbocycles. The smallest absolute Gasteiger partial charge is 0.193 e. The molecule has 1 aliphatic rings. The van der Waals surface area contributed by atoms with Gasteiger partial charge in [-0.1, -0.05) is 37.3 Å². The van der Waals surface area contributed by atoms with Gasteiger partial charge in [0.25, 0.3) is 0 Å². The highest BCUT2D eigenvalue weighted by molar-refractivity contribution is 5.99. The molecule has 0 radical (unpaired) electrons. The normalized spacial score (nSPS) is 22.2. The summed E-state index contributed by atoms with van der Waals surface area (Å²) in [7, 11) is 0. The summed E-state index contributed by atoms with van der Waals surface area (Å²) in [5.41, 5.74) is 0.625. The average Bonchev–Trinajstić information content (AvgIpc) is 2.46. The number of rotatable bonds is 5. The van der Waals surface area contributed by atoms with Gasteiger partial charge in [-0.05, 0) is 53.4 Å². The number of Topliss-reactive ketones (excluding diaryl/α,β-unsaturated/α-hetero) is 1. The topological polar surface area (TPSA) is 29.5 Å². The summed E-state index contributed by atoms with van der Waals surface area (Å²) in [6, 6.07) is 9.45. The number of hydrogen-bond acceptors (Lipinski definition) is 3. The molecule has 1 aromatic carbocycles. The van der Waals surface area contributed by atoms with Crippen LogP contribution in [0.25, 0.3) is 0 Å². The Kier molecular flexibility index (Phi) is 5.08. The maximum absolute atomic E-state index is 12.7. The third-order valence-electron chi connectivity index (χ3n) is 4.63. The van der Waals surface area contributed by atoms with Crippen molar-refractivity contribution in [2.45, 2.75) is 77.5 Å². The van der Waals surface area contributed by atoms with E-state index < -0.39 is 6.10 Å². The van der Waals surface area contributed by atoms with Gasteiger partial charge in [0, 0.05) is 16.6 Å². The molecule has 1 fully saturated rings. The van der Waals surface area contributed by atoms with Crippen LogP contribution in [0.4, 0.5) is 0 Å². The van der Waals surface area contributed by atoms with Crippen LogP contribution < -0.4 is 0 Å². The third-order valence-corrected chi connectivity index (χ3v) is 4.63. The van der Waals surface area contributed by atoms with Crippen molar-refractivity contribution in [1.29, 1.82) is 0 Å². The largest absolute Gasteiger partial charge is 0.291 e. The highest BCUT2D eigenvalue weighted by Crippen LogP contribution is 2.39. The first-order chi connectivity index (χ1) is 10.3. The van der Waals surface area contributed by atoms with Crippen molar-refractivity contribution in [2.75, 3.05) is 0 Å². The highest BCUT2D eigenvalue weighted by Gasteiger charge is 2.44. The average molecular weight is 303 g/mol. The molecule has 0 bridgehead atoms. The second-order valence-corrected chi connectivity index (χ2v) is 7.51. The zero-order valence-corrected chi connectivity index (χ0v) is 14.6. The van der Waals surface area contributed by atoms with Crippen LogP contribution in [-0.2, 0) is 4.84 Å². The van der Waals surface area contributed by atoms with Gasteiger partial charge in [0.2, 0.25) is 0 Å². The van der Waals surface area contributed by atoms with Crippen LogP contribution in [0, 0.1) is 0 Å². The van der Waals surface area contributed by atoms with Crippen molar-refractivity contribution >= 4 is 5.78 Å². The Bertz CT molecular complexity index is 491. The SMILES string of the molecule is CCC(ON1C(C)(C)CCCC1(C)C)C(=O)c1ccccc1. The van der Waals surface area contributed by atoms with E-state index in [1.807, 2.05) is 37.3 Å². The fraction of sp³-hybridized carbons (Fsp3) is 0.632. The van der Waals surface area contributed by atoms with Crippen LogP contribution in [0.2, 0.25) is 0 Å². The second kappa shape index (κ2) is 6.51. The van der Waals surface area contributed by atoms with Crippen molar-refractivity contribution in [3.8, 4) is 0 Å². The van der Waals surface area contributed by atoms with Gasteiger partial charge < -0.3 is 0 Å². The lowest BCUT2D eigenvalue weighted by atomic mass is 9.82. The molecule has 1 aliphatic heterocycles. The van der Waals surface area contributed by atoms with Crippen molar-refractivity contribution in [1.82, 2.24) is 5.06 Å². The molecule has 1 unspecified atom stereocenters. The number of hydroxylamine groups is 2. The summed E-state index contributed by atoms with van der Waals surface area (Å²) >= 11 is 0. The maximum atomic E-state index is 12.7. The van der Waals surface area contributed by atoms with E-state index in [-0.39, 0.29) is 16.9 Å². The van der Waals surface area contributed by atoms with Gasteiger partial charge in [-0.15, -0.1) is 0 Å². The van der Waals surface area contributed by atoms with Crippen LogP contribution >= 0.6 is 0 Å². The predicted octanol–water partition coefficient (Wildman–Crippen LogP) is 4.62. The first-order valence-electron chi connectivity index (χ1n) is 8.34. The van der Waals surface area contributed by atoms with E-state index in [0.717, 1.165) is 18.4 Å². The number of ketones is 1. The van der Waals surface area contributed by atoms with Gasteiger partial charge >= 0.3 is 0 Å². The number of nitrogens with zero attached hydrogens (tertiary/aromatic N) is 1. The standard InChI is InChI=1S/C19H29NO2/c1-6-16(17(21)15-11-8-7-9-12-15)22-20-18(2,3)13-10-14-19(20,4)5/h7-9,11-12,16H,6,10,13-14H2,1-5H3. The molecular formula is C19H29NO2. The second-order valence-electron chi connectivity index (χ2n) is 7.51. The molecule has 22 heavy (non-hydrogen) atoms. The zero-order valence-electron chi connectivity index (χ0n) is 14.6. The van der Waals surface area contributed by atoms with Crippen LogP contribution in [0.5, 0.6) is 0 Å². The third kappa shape index (κ3) is 3.58. The van der Waals surface area contributed by atoms with Crippen molar-refractivity contribution in [3.63, 3.8) is 0 Å². The predicted molar refractivity (Wildman–Crippen MR) is 89.8 cm³/mol. The van der Waals surface area contributed by atoms with Gasteiger partial charge in [0.1, 0.15) is 6.10 Å². The summed E-state index contributed by atoms with van der Waals surface area (Å²) in [6.07, 6.45) is 3.64. The summed E-state index contributed by atoms with van der Waals surface area (Å²) in [4.78, 5) is 19.0. The van der Waals surface area contributed by atoms with E-state index in [1.165, 1.54) is 6.42 Å². The van der Waals surface area contributed by atoms with Crippen LogP contribution in [0.1, 0.15) is 70.7 Å². The monoisotopic (exact) mass is 303 g/mol. The highest BCUT2D eigenvalue weighted by atomic mass is 16.7. The molecule has 0 N–H and O–H groups in total. The summed E-state index contributed by atoms with van der Waals surface area (Å²) < 4.78 is 0. The molecule has 3 heteroatoms. The Labute approximate surface area is 134 Å². The number of benzene rings is 1. The lowest BCUT2D eigenvalue weighted by Crippen LogP contribution is -2.59. The summed E-state index contributed by atoms with van der Waals surface area (Å²) in [6.45, 7) is 10.8. The number of carbonyl (C=O) groups excluding carboxylic acids is 1. The molecule has 0 spiro atoms. The van der Waals surface area contributed by atoms with Gasteiger partial charge in [-0.3, -0.25) is 9.63 Å². The fourth-order valence-electron chi connectivity index (χ4n) is 3.48. The minimum atomic E-state index is -0.418. The molecule has 2 rings (SSSR count). The Morgan fingerprint density at radius 3 is 2.18 bits per heavy atom. The van der Waals surface area contributed by atoms with E-state index >= 15 is 0 Å². The molecule has 122 valence electrons. The Morgan fingerprint density at radius 2 is 1.68 bits per heavy atom. The first kappa shape index (κ1) is 17.2. The molecule has 0 aromatic heterocycles. The maximum Gasteiger partial charge on any atom is 0.193 e. The first-order valence-corrected chi connectivity index (χ1v) is 8.34. The van der Waals surface area contributed by atoms with Crippen molar-refractivity contribution in [3.05, 3.63) is 35.9 Å². The van der Waals surface area contributed by atoms with Gasteiger partial charge in [-0.25, -0.2) is 0 Å². The number of carbonyl (C=O) groups is 1. The molecule has 0 amide bonds. The van der Waals surface area contributed by atoms with Crippen LogP contribution in [0.3, 0.4) is 0 Å². The molecule has 0 aliphatic carbocycles. The lowest BCUT2D eigenvalue weighted by Gasteiger charge is -2.52. The van der Waals surface area contributed by atoms with Crippen molar-refractivity contribution in [2.24, 2.45) is 0 Å². The zero-order chi connectivity index (χ0) is 16.4. The van der Waals surface area contributed by atoms with Crippen molar-refractivity contribution < 1.29 is 9.63 Å². The Balaban J connectivity index is 2.20. The molecule has 1 aromatic rings. The minimum absolute atomic E-state index is 0.0495.